The van der Waals surface area contributed by atoms with E-state index in [9.17, 15) is 0 Å². The van der Waals surface area contributed by atoms with Crippen LogP contribution in [0.25, 0.3) is 0 Å². The van der Waals surface area contributed by atoms with Crippen LogP contribution < -0.4 is 5.32 Å². The summed E-state index contributed by atoms with van der Waals surface area (Å²) in [6.45, 7) is 6.80. The second-order valence-electron chi connectivity index (χ2n) is 4.33. The maximum absolute atomic E-state index is 2.42. The maximum Gasteiger partial charge on any atom is 0.101 e. The molecule has 0 aliphatic rings. The lowest BCUT2D eigenvalue weighted by Gasteiger charge is -2.02. The van der Waals surface area contributed by atoms with Crippen molar-refractivity contribution >= 4 is 0 Å². The lowest BCUT2D eigenvalue weighted by atomic mass is 10.1. The molecule has 0 atom stereocenters. The minimum atomic E-state index is 1.13. The second-order valence-corrected chi connectivity index (χ2v) is 4.33. The molecule has 0 spiro atoms. The number of benzene rings is 1. The SMILES string of the molecule is CCCCCC[NH2+]Cc1ccc(C)cc1. The largest absolute Gasteiger partial charge is 0.343 e. The molecule has 0 heterocycles. The maximum atomic E-state index is 2.42. The molecule has 0 radical (unpaired) electrons. The molecule has 0 fully saturated rings. The van der Waals surface area contributed by atoms with Gasteiger partial charge in [0.1, 0.15) is 6.54 Å². The van der Waals surface area contributed by atoms with E-state index in [1.54, 1.807) is 0 Å². The quantitative estimate of drug-likeness (QED) is 0.661. The van der Waals surface area contributed by atoms with Gasteiger partial charge in [-0.25, -0.2) is 0 Å². The Balaban J connectivity index is 2.07. The van der Waals surface area contributed by atoms with Crippen LogP contribution in [0.5, 0.6) is 0 Å². The fourth-order valence-electron chi connectivity index (χ4n) is 1.71. The van der Waals surface area contributed by atoms with Gasteiger partial charge in [0.05, 0.1) is 6.54 Å². The first-order valence-electron chi connectivity index (χ1n) is 6.20. The van der Waals surface area contributed by atoms with Crippen LogP contribution in [0.2, 0.25) is 0 Å². The Hall–Kier alpha value is -0.820. The van der Waals surface area contributed by atoms with Gasteiger partial charge < -0.3 is 5.32 Å². The van der Waals surface area contributed by atoms with Crippen LogP contribution in [0.15, 0.2) is 24.3 Å². The third-order valence-corrected chi connectivity index (χ3v) is 2.76. The lowest BCUT2D eigenvalue weighted by molar-refractivity contribution is -0.671. The van der Waals surface area contributed by atoms with Crippen molar-refractivity contribution in [2.75, 3.05) is 6.54 Å². The van der Waals surface area contributed by atoms with Crippen molar-refractivity contribution in [2.24, 2.45) is 0 Å². The van der Waals surface area contributed by atoms with Crippen molar-refractivity contribution in [1.29, 1.82) is 0 Å². The standard InChI is InChI=1S/C14H23N/c1-3-4-5-6-11-15-12-14-9-7-13(2)8-10-14/h7-10,15H,3-6,11-12H2,1-2H3/p+1. The summed E-state index contributed by atoms with van der Waals surface area (Å²) in [6.07, 6.45) is 5.47. The van der Waals surface area contributed by atoms with Crippen molar-refractivity contribution < 1.29 is 5.32 Å². The van der Waals surface area contributed by atoms with E-state index in [0.717, 1.165) is 6.54 Å². The zero-order valence-corrected chi connectivity index (χ0v) is 10.1. The Morgan fingerprint density at radius 2 is 1.73 bits per heavy atom. The first-order valence-corrected chi connectivity index (χ1v) is 6.20. The van der Waals surface area contributed by atoms with Gasteiger partial charge in [0.2, 0.25) is 0 Å². The molecule has 2 N–H and O–H groups in total. The van der Waals surface area contributed by atoms with E-state index in [0.29, 0.717) is 0 Å². The third kappa shape index (κ3) is 5.58. The van der Waals surface area contributed by atoms with Gasteiger partial charge in [-0.2, -0.15) is 0 Å². The van der Waals surface area contributed by atoms with E-state index in [1.807, 2.05) is 0 Å². The summed E-state index contributed by atoms with van der Waals surface area (Å²) in [5, 5.41) is 2.42. The van der Waals surface area contributed by atoms with Crippen molar-refractivity contribution in [3.05, 3.63) is 35.4 Å². The van der Waals surface area contributed by atoms with Gasteiger partial charge in [0.15, 0.2) is 0 Å². The van der Waals surface area contributed by atoms with Gasteiger partial charge in [0.25, 0.3) is 0 Å². The molecule has 1 nitrogen and oxygen atoms in total. The predicted molar refractivity (Wildman–Crippen MR) is 65.8 cm³/mol. The minimum absolute atomic E-state index is 1.13. The van der Waals surface area contributed by atoms with Gasteiger partial charge in [-0.15, -0.1) is 0 Å². The monoisotopic (exact) mass is 206 g/mol. The fourth-order valence-corrected chi connectivity index (χ4v) is 1.71. The van der Waals surface area contributed by atoms with Crippen LogP contribution in [-0.4, -0.2) is 6.54 Å². The first kappa shape index (κ1) is 12.3. The molecule has 84 valence electrons. The number of hydrogen-bond acceptors (Lipinski definition) is 0. The van der Waals surface area contributed by atoms with Crippen LogP contribution in [0.3, 0.4) is 0 Å². The van der Waals surface area contributed by atoms with E-state index < -0.39 is 0 Å². The molecule has 0 bridgehead atoms. The molecule has 1 aromatic carbocycles. The third-order valence-electron chi connectivity index (χ3n) is 2.76. The molecule has 1 rings (SSSR count). The van der Waals surface area contributed by atoms with E-state index in [1.165, 1.54) is 43.4 Å². The van der Waals surface area contributed by atoms with Crippen LogP contribution in [-0.2, 0) is 6.54 Å². The molecular formula is C14H24N+. The fraction of sp³-hybridized carbons (Fsp3) is 0.571. The number of aryl methyl sites for hydroxylation is 1. The number of unbranched alkanes of at least 4 members (excludes halogenated alkanes) is 3. The van der Waals surface area contributed by atoms with Gasteiger partial charge >= 0.3 is 0 Å². The number of hydrogen-bond donors (Lipinski definition) is 1. The van der Waals surface area contributed by atoms with Crippen LogP contribution in [0, 0.1) is 6.92 Å². The Morgan fingerprint density at radius 1 is 1.00 bits per heavy atom. The van der Waals surface area contributed by atoms with Crippen LogP contribution >= 0.6 is 0 Å². The van der Waals surface area contributed by atoms with Crippen molar-refractivity contribution in [2.45, 2.75) is 46.1 Å². The van der Waals surface area contributed by atoms with E-state index >= 15 is 0 Å². The van der Waals surface area contributed by atoms with Gasteiger partial charge in [0, 0.05) is 5.56 Å². The molecular weight excluding hydrogens is 182 g/mol. The van der Waals surface area contributed by atoms with Crippen molar-refractivity contribution in [1.82, 2.24) is 0 Å². The van der Waals surface area contributed by atoms with Crippen molar-refractivity contribution in [3.63, 3.8) is 0 Å². The van der Waals surface area contributed by atoms with Crippen LogP contribution in [0.1, 0.15) is 43.7 Å². The Labute approximate surface area is 93.9 Å². The molecule has 0 unspecified atom stereocenters. The van der Waals surface area contributed by atoms with Gasteiger partial charge in [-0.1, -0.05) is 49.6 Å². The average molecular weight is 206 g/mol. The highest BCUT2D eigenvalue weighted by Crippen LogP contribution is 2.01. The van der Waals surface area contributed by atoms with E-state index in [4.69, 9.17) is 0 Å². The summed E-state index contributed by atoms with van der Waals surface area (Å²) in [6, 6.07) is 8.86. The molecule has 0 aliphatic carbocycles. The van der Waals surface area contributed by atoms with Gasteiger partial charge in [-0.3, -0.25) is 0 Å². The first-order chi connectivity index (χ1) is 7.33. The summed E-state index contributed by atoms with van der Waals surface area (Å²) in [4.78, 5) is 0. The molecule has 0 aliphatic heterocycles. The van der Waals surface area contributed by atoms with E-state index in [-0.39, 0.29) is 0 Å². The summed E-state index contributed by atoms with van der Waals surface area (Å²) >= 11 is 0. The molecule has 1 heteroatoms. The normalized spacial score (nSPS) is 10.5. The lowest BCUT2D eigenvalue weighted by Crippen LogP contribution is -2.82. The van der Waals surface area contributed by atoms with Gasteiger partial charge in [-0.05, 0) is 19.8 Å². The van der Waals surface area contributed by atoms with Crippen LogP contribution in [0.4, 0.5) is 0 Å². The summed E-state index contributed by atoms with van der Waals surface area (Å²) in [5.74, 6) is 0. The Kier molecular flexibility index (Phi) is 6.10. The van der Waals surface area contributed by atoms with E-state index in [2.05, 4.69) is 43.4 Å². The summed E-state index contributed by atoms with van der Waals surface area (Å²) < 4.78 is 0. The smallest absolute Gasteiger partial charge is 0.101 e. The second kappa shape index (κ2) is 7.47. The highest BCUT2D eigenvalue weighted by atomic mass is 14.8. The molecule has 0 aromatic heterocycles. The predicted octanol–water partition coefficient (Wildman–Crippen LogP) is 2.64. The zero-order valence-electron chi connectivity index (χ0n) is 10.1. The molecule has 0 saturated carbocycles. The number of quaternary nitrogens is 1. The molecule has 1 aromatic rings. The average Bonchev–Trinajstić information content (AvgIpc) is 2.26. The Morgan fingerprint density at radius 3 is 2.40 bits per heavy atom. The number of nitrogens with two attached hydrogens (primary N) is 1. The van der Waals surface area contributed by atoms with Crippen molar-refractivity contribution in [3.8, 4) is 0 Å². The summed E-state index contributed by atoms with van der Waals surface area (Å²) in [5.41, 5.74) is 2.79. The topological polar surface area (TPSA) is 16.6 Å². The molecule has 0 saturated heterocycles. The molecule has 0 amide bonds. The minimum Gasteiger partial charge on any atom is -0.343 e. The highest BCUT2D eigenvalue weighted by molar-refractivity contribution is 5.20. The Bertz CT molecular complexity index is 251. The highest BCUT2D eigenvalue weighted by Gasteiger charge is 1.95. The molecule has 15 heavy (non-hydrogen) atoms. The number of rotatable bonds is 7. The zero-order chi connectivity index (χ0) is 10.9. The summed E-state index contributed by atoms with van der Waals surface area (Å²) in [7, 11) is 0.